The molecule has 0 radical (unpaired) electrons. The highest BCUT2D eigenvalue weighted by Gasteiger charge is 2.04. The highest BCUT2D eigenvalue weighted by atomic mass is 16.5. The number of nitrogens with one attached hydrogen (secondary N) is 3. The minimum atomic E-state index is -0.0575. The Labute approximate surface area is 161 Å². The van der Waals surface area contributed by atoms with Crippen molar-refractivity contribution in [3.63, 3.8) is 0 Å². The lowest BCUT2D eigenvalue weighted by Crippen LogP contribution is -2.43. The molecule has 6 nitrogen and oxygen atoms in total. The number of rotatable bonds is 9. The van der Waals surface area contributed by atoms with Crippen molar-refractivity contribution in [2.75, 3.05) is 26.7 Å². The number of amides is 1. The predicted octanol–water partition coefficient (Wildman–Crippen LogP) is 2.11. The third-order valence-corrected chi connectivity index (χ3v) is 3.89. The molecule has 0 bridgehead atoms. The van der Waals surface area contributed by atoms with Crippen LogP contribution in [-0.4, -0.2) is 38.6 Å². The second kappa shape index (κ2) is 11.6. The molecule has 0 heterocycles. The van der Waals surface area contributed by atoms with Crippen molar-refractivity contribution in [3.8, 4) is 5.75 Å². The van der Waals surface area contributed by atoms with Crippen LogP contribution >= 0.6 is 0 Å². The molecule has 0 aliphatic rings. The zero-order chi connectivity index (χ0) is 19.3. The first kappa shape index (κ1) is 20.3. The Kier molecular flexibility index (Phi) is 8.69. The van der Waals surface area contributed by atoms with E-state index in [4.69, 9.17) is 4.74 Å². The van der Waals surface area contributed by atoms with E-state index in [9.17, 15) is 4.79 Å². The third-order valence-electron chi connectivity index (χ3n) is 3.89. The number of benzene rings is 2. The first-order chi connectivity index (χ1) is 13.2. The van der Waals surface area contributed by atoms with Crippen LogP contribution < -0.4 is 20.7 Å². The average Bonchev–Trinajstić information content (AvgIpc) is 2.71. The van der Waals surface area contributed by atoms with E-state index >= 15 is 0 Å². The highest BCUT2D eigenvalue weighted by molar-refractivity contribution is 5.86. The van der Waals surface area contributed by atoms with E-state index < -0.39 is 0 Å². The Morgan fingerprint density at radius 3 is 2.52 bits per heavy atom. The number of nitrogens with zero attached hydrogens (tertiary/aromatic N) is 1. The number of hydrogen-bond donors (Lipinski definition) is 3. The number of aliphatic imine (C=N–C) groups is 1. The van der Waals surface area contributed by atoms with Gasteiger partial charge in [0.05, 0.1) is 20.2 Å². The molecule has 27 heavy (non-hydrogen) atoms. The van der Waals surface area contributed by atoms with E-state index in [2.05, 4.69) is 33.1 Å². The normalized spacial score (nSPS) is 11.0. The lowest BCUT2D eigenvalue weighted by Gasteiger charge is -2.12. The van der Waals surface area contributed by atoms with Crippen LogP contribution in [0, 0.1) is 0 Å². The second-order valence-electron chi connectivity index (χ2n) is 5.99. The summed E-state index contributed by atoms with van der Waals surface area (Å²) in [6.07, 6.45) is 0.816. The van der Waals surface area contributed by atoms with E-state index in [1.807, 2.05) is 49.4 Å². The van der Waals surface area contributed by atoms with Gasteiger partial charge in [-0.1, -0.05) is 42.5 Å². The Morgan fingerprint density at radius 2 is 1.78 bits per heavy atom. The topological polar surface area (TPSA) is 74.8 Å². The van der Waals surface area contributed by atoms with Gasteiger partial charge in [0.15, 0.2) is 5.96 Å². The summed E-state index contributed by atoms with van der Waals surface area (Å²) in [5.41, 5.74) is 2.25. The lowest BCUT2D eigenvalue weighted by molar-refractivity contribution is -0.119. The maximum atomic E-state index is 12.0. The van der Waals surface area contributed by atoms with E-state index in [0.29, 0.717) is 19.0 Å². The Hall–Kier alpha value is -3.02. The van der Waals surface area contributed by atoms with Crippen LogP contribution in [-0.2, 0) is 17.8 Å². The molecule has 0 saturated carbocycles. The van der Waals surface area contributed by atoms with Gasteiger partial charge in [-0.15, -0.1) is 0 Å². The molecule has 0 spiro atoms. The Bertz CT molecular complexity index is 732. The van der Waals surface area contributed by atoms with Crippen molar-refractivity contribution in [2.45, 2.75) is 19.9 Å². The van der Waals surface area contributed by atoms with Crippen LogP contribution in [0.2, 0.25) is 0 Å². The molecule has 0 aliphatic heterocycles. The molecule has 0 aromatic heterocycles. The van der Waals surface area contributed by atoms with Crippen LogP contribution in [0.3, 0.4) is 0 Å². The molecule has 0 atom stereocenters. The molecule has 0 unspecified atom stereocenters. The number of hydrogen-bond acceptors (Lipinski definition) is 3. The zero-order valence-electron chi connectivity index (χ0n) is 16.0. The molecule has 2 rings (SSSR count). The van der Waals surface area contributed by atoms with Gasteiger partial charge in [-0.2, -0.15) is 0 Å². The molecule has 0 fully saturated rings. The Morgan fingerprint density at radius 1 is 1.00 bits per heavy atom. The number of ether oxygens (including phenoxy) is 1. The monoisotopic (exact) mass is 368 g/mol. The second-order valence-corrected chi connectivity index (χ2v) is 5.99. The number of methoxy groups -OCH3 is 1. The first-order valence-corrected chi connectivity index (χ1v) is 9.17. The fourth-order valence-corrected chi connectivity index (χ4v) is 2.50. The van der Waals surface area contributed by atoms with Crippen LogP contribution in [0.1, 0.15) is 18.1 Å². The van der Waals surface area contributed by atoms with Crippen molar-refractivity contribution >= 4 is 11.9 Å². The SMILES string of the molecule is CCNC(=NCc1cccc(OC)c1)NCC(=O)NCCc1ccccc1. The fraction of sp³-hybridized carbons (Fsp3) is 0.333. The maximum Gasteiger partial charge on any atom is 0.239 e. The van der Waals surface area contributed by atoms with Crippen molar-refractivity contribution in [1.82, 2.24) is 16.0 Å². The minimum Gasteiger partial charge on any atom is -0.497 e. The van der Waals surface area contributed by atoms with Gasteiger partial charge in [-0.3, -0.25) is 4.79 Å². The molecule has 2 aromatic carbocycles. The fourth-order valence-electron chi connectivity index (χ4n) is 2.50. The van der Waals surface area contributed by atoms with Crippen molar-refractivity contribution in [3.05, 3.63) is 65.7 Å². The van der Waals surface area contributed by atoms with Crippen LogP contribution in [0.5, 0.6) is 5.75 Å². The largest absolute Gasteiger partial charge is 0.497 e. The zero-order valence-corrected chi connectivity index (χ0v) is 16.0. The van der Waals surface area contributed by atoms with Gasteiger partial charge in [0.1, 0.15) is 5.75 Å². The van der Waals surface area contributed by atoms with Gasteiger partial charge in [0.25, 0.3) is 0 Å². The van der Waals surface area contributed by atoms with Crippen molar-refractivity contribution < 1.29 is 9.53 Å². The third kappa shape index (κ3) is 7.81. The summed E-state index contributed by atoms with van der Waals surface area (Å²) in [4.78, 5) is 16.5. The van der Waals surface area contributed by atoms with Crippen molar-refractivity contribution in [2.24, 2.45) is 4.99 Å². The van der Waals surface area contributed by atoms with Gasteiger partial charge < -0.3 is 20.7 Å². The predicted molar refractivity (Wildman–Crippen MR) is 109 cm³/mol. The molecule has 1 amide bonds. The van der Waals surface area contributed by atoms with Crippen LogP contribution in [0.15, 0.2) is 59.6 Å². The van der Waals surface area contributed by atoms with E-state index in [1.165, 1.54) is 5.56 Å². The summed E-state index contributed by atoms with van der Waals surface area (Å²) >= 11 is 0. The molecule has 2 aromatic rings. The molecular weight excluding hydrogens is 340 g/mol. The summed E-state index contributed by atoms with van der Waals surface area (Å²) in [6, 6.07) is 17.9. The standard InChI is InChI=1S/C21H28N4O2/c1-3-22-21(24-15-18-10-7-11-19(14-18)27-2)25-16-20(26)23-13-12-17-8-5-4-6-9-17/h4-11,14H,3,12-13,15-16H2,1-2H3,(H,23,26)(H2,22,24,25). The van der Waals surface area contributed by atoms with Crippen LogP contribution in [0.25, 0.3) is 0 Å². The van der Waals surface area contributed by atoms with E-state index in [0.717, 1.165) is 24.3 Å². The van der Waals surface area contributed by atoms with Gasteiger partial charge >= 0.3 is 0 Å². The molecule has 3 N–H and O–H groups in total. The maximum absolute atomic E-state index is 12.0. The summed E-state index contributed by atoms with van der Waals surface area (Å²) in [6.45, 7) is 4.01. The van der Waals surface area contributed by atoms with Gasteiger partial charge in [-0.25, -0.2) is 4.99 Å². The highest BCUT2D eigenvalue weighted by Crippen LogP contribution is 2.13. The average molecular weight is 368 g/mol. The first-order valence-electron chi connectivity index (χ1n) is 9.17. The summed E-state index contributed by atoms with van der Waals surface area (Å²) in [7, 11) is 1.64. The van der Waals surface area contributed by atoms with E-state index in [1.54, 1.807) is 7.11 Å². The smallest absolute Gasteiger partial charge is 0.239 e. The molecular formula is C21H28N4O2. The quantitative estimate of drug-likeness (QED) is 0.468. The number of carbonyl (C=O) groups excluding carboxylic acids is 1. The van der Waals surface area contributed by atoms with Crippen LogP contribution in [0.4, 0.5) is 0 Å². The summed E-state index contributed by atoms with van der Waals surface area (Å²) in [5, 5.41) is 9.13. The van der Waals surface area contributed by atoms with Crippen molar-refractivity contribution in [1.29, 1.82) is 0 Å². The molecule has 0 aliphatic carbocycles. The molecule has 0 saturated heterocycles. The van der Waals surface area contributed by atoms with Gasteiger partial charge in [0.2, 0.25) is 5.91 Å². The number of carbonyl (C=O) groups is 1. The number of guanidine groups is 1. The van der Waals surface area contributed by atoms with E-state index in [-0.39, 0.29) is 12.5 Å². The molecule has 6 heteroatoms. The lowest BCUT2D eigenvalue weighted by atomic mass is 10.1. The molecule has 144 valence electrons. The summed E-state index contributed by atoms with van der Waals surface area (Å²) in [5.74, 6) is 1.36. The summed E-state index contributed by atoms with van der Waals surface area (Å²) < 4.78 is 5.22. The Balaban J connectivity index is 1.77. The van der Waals surface area contributed by atoms with Gasteiger partial charge in [-0.05, 0) is 36.6 Å². The minimum absolute atomic E-state index is 0.0575. The van der Waals surface area contributed by atoms with Gasteiger partial charge in [0, 0.05) is 13.1 Å².